The molecule has 0 spiro atoms. The third kappa shape index (κ3) is 1.18. The number of halogens is 1. The van der Waals surface area contributed by atoms with E-state index in [0.29, 0.717) is 0 Å². The van der Waals surface area contributed by atoms with E-state index in [0.717, 1.165) is 0 Å². The van der Waals surface area contributed by atoms with Crippen LogP contribution in [0.1, 0.15) is 5.82 Å². The fraction of sp³-hybridized carbons (Fsp3) is 0.222. The van der Waals surface area contributed by atoms with Crippen LogP contribution in [0, 0.1) is 6.92 Å². The van der Waals surface area contributed by atoms with Crippen LogP contribution in [-0.2, 0) is 7.05 Å². The lowest BCUT2D eigenvalue weighted by Crippen LogP contribution is -3.00. The predicted molar refractivity (Wildman–Crippen MR) is 44.2 cm³/mol. The fourth-order valence-corrected chi connectivity index (χ4v) is 1.33. The number of H-pyrrole nitrogens is 1. The molecule has 12 heavy (non-hydrogen) atoms. The molecular formula is C9H11ClN2. The zero-order valence-electron chi connectivity index (χ0n) is 7.13. The van der Waals surface area contributed by atoms with Crippen molar-refractivity contribution in [2.75, 3.05) is 0 Å². The Hall–Kier alpha value is -1.02. The van der Waals surface area contributed by atoms with E-state index >= 15 is 0 Å². The van der Waals surface area contributed by atoms with Crippen LogP contribution in [0.2, 0.25) is 0 Å². The lowest BCUT2D eigenvalue weighted by atomic mass is 10.3. The molecule has 0 saturated carbocycles. The van der Waals surface area contributed by atoms with Gasteiger partial charge in [-0.15, -0.1) is 0 Å². The van der Waals surface area contributed by atoms with E-state index in [2.05, 4.69) is 41.7 Å². The number of imidazole rings is 1. The van der Waals surface area contributed by atoms with E-state index in [4.69, 9.17) is 0 Å². The Morgan fingerprint density at radius 2 is 1.92 bits per heavy atom. The normalized spacial score (nSPS) is 9.83. The molecule has 0 unspecified atom stereocenters. The number of hydrogen-bond donors (Lipinski definition) is 1. The number of fused-ring (bicyclic) bond motifs is 1. The number of rotatable bonds is 0. The van der Waals surface area contributed by atoms with Crippen molar-refractivity contribution >= 4 is 11.0 Å². The molecule has 0 aliphatic rings. The predicted octanol–water partition coefficient (Wildman–Crippen LogP) is -1.70. The molecule has 2 rings (SSSR count). The van der Waals surface area contributed by atoms with Crippen molar-refractivity contribution in [1.29, 1.82) is 0 Å². The lowest BCUT2D eigenvalue weighted by Gasteiger charge is -1.85. The zero-order valence-corrected chi connectivity index (χ0v) is 7.89. The molecular weight excluding hydrogens is 172 g/mol. The quantitative estimate of drug-likeness (QED) is 0.469. The van der Waals surface area contributed by atoms with E-state index in [1.165, 1.54) is 16.9 Å². The summed E-state index contributed by atoms with van der Waals surface area (Å²) in [5, 5.41) is 0. The third-order valence-electron chi connectivity index (χ3n) is 2.08. The maximum absolute atomic E-state index is 3.29. The minimum Gasteiger partial charge on any atom is -1.00 e. The van der Waals surface area contributed by atoms with Crippen molar-refractivity contribution in [2.45, 2.75) is 6.92 Å². The summed E-state index contributed by atoms with van der Waals surface area (Å²) < 4.78 is 2.15. The van der Waals surface area contributed by atoms with E-state index in [1.54, 1.807) is 0 Å². The molecule has 0 bridgehead atoms. The summed E-state index contributed by atoms with van der Waals surface area (Å²) in [5.74, 6) is 1.19. The number of benzene rings is 1. The second kappa shape index (κ2) is 3.15. The Labute approximate surface area is 77.6 Å². The van der Waals surface area contributed by atoms with E-state index in [1.807, 2.05) is 6.07 Å². The monoisotopic (exact) mass is 182 g/mol. The Morgan fingerprint density at radius 3 is 2.58 bits per heavy atom. The van der Waals surface area contributed by atoms with Crippen LogP contribution >= 0.6 is 0 Å². The first-order valence-corrected chi connectivity index (χ1v) is 3.72. The average Bonchev–Trinajstić information content (AvgIpc) is 2.30. The number of aryl methyl sites for hydroxylation is 2. The van der Waals surface area contributed by atoms with Crippen molar-refractivity contribution in [3.05, 3.63) is 30.1 Å². The highest BCUT2D eigenvalue weighted by Gasteiger charge is 2.08. The van der Waals surface area contributed by atoms with Gasteiger partial charge in [0, 0.05) is 6.92 Å². The van der Waals surface area contributed by atoms with Crippen molar-refractivity contribution in [1.82, 2.24) is 4.98 Å². The first-order valence-electron chi connectivity index (χ1n) is 3.72. The third-order valence-corrected chi connectivity index (χ3v) is 2.08. The fourth-order valence-electron chi connectivity index (χ4n) is 1.33. The molecule has 0 aliphatic heterocycles. The van der Waals surface area contributed by atoms with Gasteiger partial charge in [0.25, 0.3) is 5.82 Å². The van der Waals surface area contributed by atoms with Crippen LogP contribution in [0.25, 0.3) is 11.0 Å². The first kappa shape index (κ1) is 9.07. The smallest absolute Gasteiger partial charge is 0.251 e. The van der Waals surface area contributed by atoms with Gasteiger partial charge in [-0.2, -0.15) is 0 Å². The summed E-state index contributed by atoms with van der Waals surface area (Å²) in [6.45, 7) is 2.07. The Morgan fingerprint density at radius 1 is 1.25 bits per heavy atom. The van der Waals surface area contributed by atoms with Gasteiger partial charge in [0.1, 0.15) is 0 Å². The second-order valence-corrected chi connectivity index (χ2v) is 2.79. The average molecular weight is 183 g/mol. The summed E-state index contributed by atoms with van der Waals surface area (Å²) in [6.07, 6.45) is 0. The molecule has 1 heterocycles. The van der Waals surface area contributed by atoms with Gasteiger partial charge in [0.15, 0.2) is 11.0 Å². The summed E-state index contributed by atoms with van der Waals surface area (Å²) in [7, 11) is 2.06. The number of para-hydroxylation sites is 2. The summed E-state index contributed by atoms with van der Waals surface area (Å²) in [5.41, 5.74) is 2.46. The molecule has 1 aromatic carbocycles. The number of nitrogens with zero attached hydrogens (tertiary/aromatic N) is 1. The van der Waals surface area contributed by atoms with Gasteiger partial charge in [-0.3, -0.25) is 0 Å². The van der Waals surface area contributed by atoms with Crippen molar-refractivity contribution in [2.24, 2.45) is 7.05 Å². The highest BCUT2D eigenvalue weighted by atomic mass is 35.5. The van der Waals surface area contributed by atoms with Gasteiger partial charge in [-0.1, -0.05) is 12.1 Å². The van der Waals surface area contributed by atoms with E-state index < -0.39 is 0 Å². The molecule has 0 atom stereocenters. The molecule has 0 saturated heterocycles. The van der Waals surface area contributed by atoms with Gasteiger partial charge >= 0.3 is 0 Å². The molecule has 2 aromatic rings. The first-order chi connectivity index (χ1) is 5.29. The standard InChI is InChI=1S/C9H10N2.ClH/c1-7-10-8-5-3-4-6-9(8)11(7)2;/h3-6H,1-2H3;1H. The largest absolute Gasteiger partial charge is 1.00 e. The highest BCUT2D eigenvalue weighted by Crippen LogP contribution is 2.06. The molecule has 0 fully saturated rings. The maximum atomic E-state index is 3.29. The molecule has 0 radical (unpaired) electrons. The van der Waals surface area contributed by atoms with Crippen molar-refractivity contribution in [3.63, 3.8) is 0 Å². The molecule has 1 aromatic heterocycles. The van der Waals surface area contributed by atoms with Crippen LogP contribution in [0.4, 0.5) is 0 Å². The van der Waals surface area contributed by atoms with Gasteiger partial charge < -0.3 is 12.4 Å². The second-order valence-electron chi connectivity index (χ2n) is 2.79. The topological polar surface area (TPSA) is 19.7 Å². The van der Waals surface area contributed by atoms with Gasteiger partial charge in [0.05, 0.1) is 7.05 Å². The molecule has 0 aliphatic carbocycles. The van der Waals surface area contributed by atoms with Crippen molar-refractivity contribution in [3.8, 4) is 0 Å². The number of aromatic amines is 1. The van der Waals surface area contributed by atoms with Crippen LogP contribution in [-0.4, -0.2) is 4.98 Å². The zero-order chi connectivity index (χ0) is 7.84. The van der Waals surface area contributed by atoms with Crippen LogP contribution < -0.4 is 17.0 Å². The maximum Gasteiger partial charge on any atom is 0.251 e. The van der Waals surface area contributed by atoms with E-state index in [9.17, 15) is 0 Å². The Balaban J connectivity index is 0.000000720. The minimum absolute atomic E-state index is 0. The summed E-state index contributed by atoms with van der Waals surface area (Å²) >= 11 is 0. The molecule has 0 amide bonds. The molecule has 3 heteroatoms. The summed E-state index contributed by atoms with van der Waals surface area (Å²) in [6, 6.07) is 8.29. The van der Waals surface area contributed by atoms with E-state index in [-0.39, 0.29) is 12.4 Å². The Bertz CT molecular complexity index is 392. The van der Waals surface area contributed by atoms with Crippen LogP contribution in [0.15, 0.2) is 24.3 Å². The van der Waals surface area contributed by atoms with Gasteiger partial charge in [0.2, 0.25) is 0 Å². The van der Waals surface area contributed by atoms with Gasteiger partial charge in [-0.25, -0.2) is 9.55 Å². The number of nitrogens with one attached hydrogen (secondary N) is 1. The van der Waals surface area contributed by atoms with Crippen LogP contribution in [0.3, 0.4) is 0 Å². The summed E-state index contributed by atoms with van der Waals surface area (Å²) in [4.78, 5) is 3.29. The highest BCUT2D eigenvalue weighted by molar-refractivity contribution is 5.70. The van der Waals surface area contributed by atoms with Gasteiger partial charge in [-0.05, 0) is 12.1 Å². The molecule has 64 valence electrons. The minimum atomic E-state index is 0. The molecule has 2 nitrogen and oxygen atoms in total. The lowest BCUT2D eigenvalue weighted by molar-refractivity contribution is -0.651. The Kier molecular flexibility index (Phi) is 2.38. The van der Waals surface area contributed by atoms with Crippen LogP contribution in [0.5, 0.6) is 0 Å². The molecule has 1 N–H and O–H groups in total. The van der Waals surface area contributed by atoms with Crippen molar-refractivity contribution < 1.29 is 17.0 Å². The number of aromatic nitrogens is 2. The number of hydrogen-bond acceptors (Lipinski definition) is 0. The SMILES string of the molecule is Cc1[nH]c2ccccc2[n+]1C.[Cl-].